The molecule has 1 heterocycles. The lowest BCUT2D eigenvalue weighted by Crippen LogP contribution is -2.48. The van der Waals surface area contributed by atoms with E-state index < -0.39 is 14.9 Å². The van der Waals surface area contributed by atoms with Crippen molar-refractivity contribution < 1.29 is 17.7 Å². The highest BCUT2D eigenvalue weighted by molar-refractivity contribution is 7.89. The number of hydrogen-bond donors (Lipinski definition) is 0. The molecule has 1 aliphatic rings. The molecule has 7 nitrogen and oxygen atoms in total. The minimum absolute atomic E-state index is 0.0812. The fourth-order valence-corrected chi connectivity index (χ4v) is 4.53. The molecule has 3 rings (SSSR count). The minimum atomic E-state index is -3.81. The molecule has 0 aromatic heterocycles. The van der Waals surface area contributed by atoms with Crippen LogP contribution in [0.15, 0.2) is 47.4 Å². The average molecular weight is 393 g/mol. The molecule has 0 bridgehead atoms. The predicted octanol–water partition coefficient (Wildman–Crippen LogP) is 2.55. The van der Waals surface area contributed by atoms with Crippen LogP contribution in [0.1, 0.15) is 11.1 Å². The first-order chi connectivity index (χ1) is 12.8. The second kappa shape index (κ2) is 7.71. The molecular formula is C18H20FN3O4S. The van der Waals surface area contributed by atoms with E-state index >= 15 is 0 Å². The molecule has 1 aliphatic heterocycles. The van der Waals surface area contributed by atoms with Crippen molar-refractivity contribution in [1.29, 1.82) is 0 Å². The normalized spacial score (nSPS) is 16.4. The fourth-order valence-electron chi connectivity index (χ4n) is 3.09. The van der Waals surface area contributed by atoms with Crippen LogP contribution in [0.2, 0.25) is 0 Å². The Morgan fingerprint density at radius 2 is 1.78 bits per heavy atom. The molecule has 1 saturated heterocycles. The van der Waals surface area contributed by atoms with Crippen molar-refractivity contribution in [3.8, 4) is 0 Å². The van der Waals surface area contributed by atoms with Crippen LogP contribution in [0.5, 0.6) is 0 Å². The van der Waals surface area contributed by atoms with Crippen LogP contribution in [0.25, 0.3) is 0 Å². The van der Waals surface area contributed by atoms with E-state index in [1.54, 1.807) is 25.1 Å². The maximum atomic E-state index is 13.8. The van der Waals surface area contributed by atoms with Gasteiger partial charge in [0.2, 0.25) is 10.0 Å². The van der Waals surface area contributed by atoms with Gasteiger partial charge in [-0.2, -0.15) is 4.31 Å². The van der Waals surface area contributed by atoms with Crippen LogP contribution in [0.4, 0.5) is 10.1 Å². The second-order valence-electron chi connectivity index (χ2n) is 6.48. The van der Waals surface area contributed by atoms with Gasteiger partial charge in [-0.25, -0.2) is 12.8 Å². The Bertz CT molecular complexity index is 957. The van der Waals surface area contributed by atoms with Gasteiger partial charge in [-0.15, -0.1) is 0 Å². The van der Waals surface area contributed by atoms with Crippen molar-refractivity contribution in [1.82, 2.24) is 9.21 Å². The molecule has 0 unspecified atom stereocenters. The number of halogens is 1. The van der Waals surface area contributed by atoms with Crippen molar-refractivity contribution in [3.05, 3.63) is 69.5 Å². The predicted molar refractivity (Wildman–Crippen MR) is 98.3 cm³/mol. The largest absolute Gasteiger partial charge is 0.296 e. The number of nitrogens with zero attached hydrogens (tertiary/aromatic N) is 3. The topological polar surface area (TPSA) is 83.8 Å². The van der Waals surface area contributed by atoms with Gasteiger partial charge in [-0.1, -0.05) is 24.3 Å². The third kappa shape index (κ3) is 4.15. The Morgan fingerprint density at radius 1 is 1.11 bits per heavy atom. The molecular weight excluding hydrogens is 373 g/mol. The Morgan fingerprint density at radius 3 is 2.41 bits per heavy atom. The average Bonchev–Trinajstić information content (AvgIpc) is 2.64. The van der Waals surface area contributed by atoms with Gasteiger partial charge in [0.15, 0.2) is 0 Å². The highest BCUT2D eigenvalue weighted by atomic mass is 32.2. The zero-order chi connectivity index (χ0) is 19.6. The van der Waals surface area contributed by atoms with E-state index in [0.29, 0.717) is 30.8 Å². The van der Waals surface area contributed by atoms with Crippen molar-refractivity contribution in [2.24, 2.45) is 0 Å². The number of benzene rings is 2. The van der Waals surface area contributed by atoms with Gasteiger partial charge >= 0.3 is 0 Å². The van der Waals surface area contributed by atoms with Crippen molar-refractivity contribution in [2.75, 3.05) is 26.2 Å². The number of nitro benzene ring substituents is 1. The highest BCUT2D eigenvalue weighted by Crippen LogP contribution is 2.25. The zero-order valence-electron chi connectivity index (χ0n) is 14.8. The summed E-state index contributed by atoms with van der Waals surface area (Å²) in [6, 6.07) is 10.5. The third-order valence-corrected chi connectivity index (χ3v) is 6.59. The van der Waals surface area contributed by atoms with Crippen molar-refractivity contribution in [3.63, 3.8) is 0 Å². The molecule has 0 aliphatic carbocycles. The van der Waals surface area contributed by atoms with Gasteiger partial charge in [0.1, 0.15) is 5.82 Å². The lowest BCUT2D eigenvalue weighted by Gasteiger charge is -2.34. The summed E-state index contributed by atoms with van der Waals surface area (Å²) in [5.74, 6) is -0.278. The van der Waals surface area contributed by atoms with Crippen LogP contribution < -0.4 is 0 Å². The molecule has 9 heteroatoms. The lowest BCUT2D eigenvalue weighted by molar-refractivity contribution is -0.385. The first-order valence-electron chi connectivity index (χ1n) is 8.50. The molecule has 27 heavy (non-hydrogen) atoms. The van der Waals surface area contributed by atoms with Gasteiger partial charge < -0.3 is 0 Å². The Labute approximate surface area is 157 Å². The van der Waals surface area contributed by atoms with Crippen molar-refractivity contribution >= 4 is 15.7 Å². The Kier molecular flexibility index (Phi) is 5.54. The van der Waals surface area contributed by atoms with Crippen LogP contribution in [0.3, 0.4) is 0 Å². The maximum absolute atomic E-state index is 13.8. The number of sulfonamides is 1. The molecule has 0 atom stereocenters. The molecule has 2 aromatic carbocycles. The summed E-state index contributed by atoms with van der Waals surface area (Å²) in [5, 5.41) is 11.1. The molecule has 2 aromatic rings. The SMILES string of the molecule is Cc1ccc(S(=O)(=O)N2CCN(Cc3ccccc3F)CC2)cc1[N+](=O)[O-]. The van der Waals surface area contributed by atoms with Crippen LogP contribution in [0, 0.1) is 22.9 Å². The van der Waals surface area contributed by atoms with Crippen molar-refractivity contribution in [2.45, 2.75) is 18.4 Å². The van der Waals surface area contributed by atoms with E-state index in [1.807, 2.05) is 4.90 Å². The van der Waals surface area contributed by atoms with E-state index in [1.165, 1.54) is 22.5 Å². The highest BCUT2D eigenvalue weighted by Gasteiger charge is 2.30. The van der Waals surface area contributed by atoms with Gasteiger partial charge in [0.05, 0.1) is 9.82 Å². The third-order valence-electron chi connectivity index (χ3n) is 4.70. The summed E-state index contributed by atoms with van der Waals surface area (Å²) < 4.78 is 40.7. The van der Waals surface area contributed by atoms with Gasteiger partial charge in [0.25, 0.3) is 5.69 Å². The molecule has 1 fully saturated rings. The summed E-state index contributed by atoms with van der Waals surface area (Å²) >= 11 is 0. The monoisotopic (exact) mass is 393 g/mol. The molecule has 0 amide bonds. The molecule has 144 valence electrons. The Balaban J connectivity index is 1.71. The van der Waals surface area contributed by atoms with Crippen LogP contribution in [-0.4, -0.2) is 48.7 Å². The number of aryl methyl sites for hydroxylation is 1. The van der Waals surface area contributed by atoms with E-state index in [2.05, 4.69) is 0 Å². The zero-order valence-corrected chi connectivity index (χ0v) is 15.7. The number of rotatable bonds is 5. The summed E-state index contributed by atoms with van der Waals surface area (Å²) in [6.45, 7) is 3.40. The molecule has 0 radical (unpaired) electrons. The molecule has 0 saturated carbocycles. The summed E-state index contributed by atoms with van der Waals surface area (Å²) in [7, 11) is -3.81. The standard InChI is InChI=1S/C18H20FN3O4S/c1-14-6-7-16(12-18(14)22(23)24)27(25,26)21-10-8-20(9-11-21)13-15-4-2-3-5-17(15)19/h2-7,12H,8-11,13H2,1H3. The Hall–Kier alpha value is -2.36. The summed E-state index contributed by atoms with van der Waals surface area (Å²) in [5.41, 5.74) is 0.769. The second-order valence-corrected chi connectivity index (χ2v) is 8.41. The van der Waals surface area contributed by atoms with E-state index in [9.17, 15) is 22.9 Å². The number of piperazine rings is 1. The smallest absolute Gasteiger partial charge is 0.273 e. The number of nitro groups is 1. The van der Waals surface area contributed by atoms with Crippen LogP contribution in [-0.2, 0) is 16.6 Å². The van der Waals surface area contributed by atoms with E-state index in [0.717, 1.165) is 6.07 Å². The molecule has 0 N–H and O–H groups in total. The number of hydrogen-bond acceptors (Lipinski definition) is 5. The summed E-state index contributed by atoms with van der Waals surface area (Å²) in [4.78, 5) is 12.4. The first-order valence-corrected chi connectivity index (χ1v) is 9.94. The lowest BCUT2D eigenvalue weighted by atomic mass is 10.2. The van der Waals surface area contributed by atoms with E-state index in [4.69, 9.17) is 0 Å². The molecule has 0 spiro atoms. The minimum Gasteiger partial charge on any atom is -0.296 e. The fraction of sp³-hybridized carbons (Fsp3) is 0.333. The quantitative estimate of drug-likeness (QED) is 0.576. The van der Waals surface area contributed by atoms with Gasteiger partial charge in [0, 0.05) is 49.9 Å². The first kappa shape index (κ1) is 19.4. The van der Waals surface area contributed by atoms with Gasteiger partial charge in [-0.05, 0) is 19.1 Å². The van der Waals surface area contributed by atoms with E-state index in [-0.39, 0.29) is 29.5 Å². The van der Waals surface area contributed by atoms with Gasteiger partial charge in [-0.3, -0.25) is 15.0 Å². The maximum Gasteiger partial charge on any atom is 0.273 e. The summed E-state index contributed by atoms with van der Waals surface area (Å²) in [6.07, 6.45) is 0. The van der Waals surface area contributed by atoms with Crippen LogP contribution >= 0.6 is 0 Å².